The fraction of sp³-hybridized carbons (Fsp3) is 0.750. The Morgan fingerprint density at radius 1 is 0.455 bits per heavy atom. The summed E-state index contributed by atoms with van der Waals surface area (Å²) in [6.07, 6.45) is 17.0. The highest BCUT2D eigenvalue weighted by Gasteiger charge is 2.40. The van der Waals surface area contributed by atoms with Crippen LogP contribution in [0.3, 0.4) is 0 Å². The van der Waals surface area contributed by atoms with Crippen LogP contribution >= 0.6 is 0 Å². The quantitative estimate of drug-likeness (QED) is 0.174. The van der Waals surface area contributed by atoms with Crippen molar-refractivity contribution in [2.75, 3.05) is 0 Å². The number of unbranched alkanes of at least 4 members (excludes halogenated alkanes) is 2. The van der Waals surface area contributed by atoms with E-state index in [0.717, 1.165) is 86.2 Å². The van der Waals surface area contributed by atoms with Crippen molar-refractivity contribution in [3.05, 3.63) is 70.8 Å². The average molecular weight is 775 g/mol. The summed E-state index contributed by atoms with van der Waals surface area (Å²) >= 11 is 0. The molecule has 308 valence electrons. The van der Waals surface area contributed by atoms with Crippen LogP contribution < -0.4 is 0 Å². The maximum Gasteiger partial charge on any atom is 0.416 e. The Kier molecular flexibility index (Phi) is 15.2. The van der Waals surface area contributed by atoms with E-state index < -0.39 is 35.7 Å². The second-order valence-electron chi connectivity index (χ2n) is 18.4. The van der Waals surface area contributed by atoms with E-state index in [1.807, 2.05) is 0 Å². The molecule has 4 aliphatic rings. The molecule has 1 nitrogen and oxygen atoms in total. The minimum atomic E-state index is -4.43. The standard InChI is InChI=1S/C48H68F6O/c1-3-5-7-33-9-13-35(14-10-33)37-17-21-39(22-18-37)45(41-25-29-43(30-26-41)47(49,50)51)55-46(42-27-31-44(32-28-42)48(52,53)54)40-23-19-38(20-24-40)36-15-11-34(12-16-36)8-6-4-2/h25-40,45-46H,3-24H2,1-2H3. The van der Waals surface area contributed by atoms with Crippen molar-refractivity contribution in [2.24, 2.45) is 47.3 Å². The SMILES string of the molecule is CCCCC1CCC(C2CCC(C(OC(c3ccc(C(F)(F)F)cc3)C3CCC(C4CCC(CCCC)CC4)CC3)c3ccc(C(F)(F)F)cc3)CC2)CC1. The van der Waals surface area contributed by atoms with Gasteiger partial charge in [0.1, 0.15) is 0 Å². The average Bonchev–Trinajstić information content (AvgIpc) is 3.20. The van der Waals surface area contributed by atoms with Crippen molar-refractivity contribution >= 4 is 0 Å². The van der Waals surface area contributed by atoms with Gasteiger partial charge in [-0.3, -0.25) is 0 Å². The molecule has 7 heteroatoms. The van der Waals surface area contributed by atoms with Gasteiger partial charge in [-0.25, -0.2) is 0 Å². The van der Waals surface area contributed by atoms with Gasteiger partial charge in [-0.15, -0.1) is 0 Å². The molecular formula is C48H68F6O. The minimum absolute atomic E-state index is 0.144. The van der Waals surface area contributed by atoms with Crippen molar-refractivity contribution in [1.29, 1.82) is 0 Å². The smallest absolute Gasteiger partial charge is 0.365 e. The van der Waals surface area contributed by atoms with Crippen molar-refractivity contribution in [3.63, 3.8) is 0 Å². The predicted molar refractivity (Wildman–Crippen MR) is 210 cm³/mol. The highest BCUT2D eigenvalue weighted by Crippen LogP contribution is 2.51. The summed E-state index contributed by atoms with van der Waals surface area (Å²) in [5, 5.41) is 0. The Morgan fingerprint density at radius 2 is 0.745 bits per heavy atom. The van der Waals surface area contributed by atoms with Gasteiger partial charge in [0.2, 0.25) is 0 Å². The van der Waals surface area contributed by atoms with E-state index in [0.29, 0.717) is 11.8 Å². The van der Waals surface area contributed by atoms with E-state index >= 15 is 0 Å². The molecule has 4 saturated carbocycles. The normalized spacial score (nSPS) is 30.8. The third-order valence-corrected chi connectivity index (χ3v) is 15.0. The first kappa shape index (κ1) is 42.6. The zero-order chi connectivity index (χ0) is 39.0. The van der Waals surface area contributed by atoms with Crippen LogP contribution in [0.5, 0.6) is 0 Å². The molecule has 0 aromatic heterocycles. The first-order valence-corrected chi connectivity index (χ1v) is 22.4. The Bertz CT molecular complexity index is 1280. The fourth-order valence-corrected chi connectivity index (χ4v) is 11.5. The second-order valence-corrected chi connectivity index (χ2v) is 18.4. The van der Waals surface area contributed by atoms with Crippen LogP contribution in [-0.4, -0.2) is 0 Å². The Balaban J connectivity index is 1.19. The molecule has 0 N–H and O–H groups in total. The molecule has 2 aromatic carbocycles. The van der Waals surface area contributed by atoms with Crippen LogP contribution in [0.1, 0.15) is 190 Å². The largest absolute Gasteiger partial charge is 0.416 e. The van der Waals surface area contributed by atoms with Gasteiger partial charge >= 0.3 is 12.4 Å². The van der Waals surface area contributed by atoms with Crippen molar-refractivity contribution in [1.82, 2.24) is 0 Å². The molecule has 0 radical (unpaired) electrons. The van der Waals surface area contributed by atoms with E-state index in [1.54, 1.807) is 24.3 Å². The molecule has 0 amide bonds. The zero-order valence-corrected chi connectivity index (χ0v) is 33.6. The maximum atomic E-state index is 13.7. The zero-order valence-electron chi connectivity index (χ0n) is 33.6. The number of hydrogen-bond acceptors (Lipinski definition) is 1. The Hall–Kier alpha value is -2.02. The third kappa shape index (κ3) is 11.6. The number of ether oxygens (including phenoxy) is 1. The molecule has 6 rings (SSSR count). The number of halogens is 6. The number of benzene rings is 2. The lowest BCUT2D eigenvalue weighted by molar-refractivity contribution is -0.138. The summed E-state index contributed by atoms with van der Waals surface area (Å²) in [5.74, 6) is 4.89. The summed E-state index contributed by atoms with van der Waals surface area (Å²) in [6, 6.07) is 11.0. The lowest BCUT2D eigenvalue weighted by atomic mass is 9.67. The Labute approximate surface area is 328 Å². The lowest BCUT2D eigenvalue weighted by Crippen LogP contribution is -2.31. The fourth-order valence-electron chi connectivity index (χ4n) is 11.5. The van der Waals surface area contributed by atoms with E-state index in [4.69, 9.17) is 4.74 Å². The van der Waals surface area contributed by atoms with Crippen LogP contribution in [0.2, 0.25) is 0 Å². The van der Waals surface area contributed by atoms with Crippen molar-refractivity contribution in [3.8, 4) is 0 Å². The predicted octanol–water partition coefficient (Wildman–Crippen LogP) is 16.1. The molecule has 0 bridgehead atoms. The molecule has 2 aromatic rings. The van der Waals surface area contributed by atoms with Crippen LogP contribution in [0.15, 0.2) is 48.5 Å². The van der Waals surface area contributed by atoms with Gasteiger partial charge in [-0.05, 0) is 160 Å². The van der Waals surface area contributed by atoms with E-state index in [-0.39, 0.29) is 11.8 Å². The highest BCUT2D eigenvalue weighted by atomic mass is 19.4. The Morgan fingerprint density at radius 3 is 1.02 bits per heavy atom. The summed E-state index contributed by atoms with van der Waals surface area (Å²) < 4.78 is 89.4. The molecule has 0 aliphatic heterocycles. The molecule has 4 aliphatic carbocycles. The monoisotopic (exact) mass is 775 g/mol. The maximum absolute atomic E-state index is 13.7. The van der Waals surface area contributed by atoms with Gasteiger partial charge in [0.05, 0.1) is 23.3 Å². The summed E-state index contributed by atoms with van der Waals surface area (Å²) in [4.78, 5) is 0. The minimum Gasteiger partial charge on any atom is -0.365 e. The second kappa shape index (κ2) is 19.6. The van der Waals surface area contributed by atoms with Gasteiger partial charge in [-0.1, -0.05) is 102 Å². The topological polar surface area (TPSA) is 9.23 Å². The van der Waals surface area contributed by atoms with Crippen molar-refractivity contribution in [2.45, 2.75) is 180 Å². The van der Waals surface area contributed by atoms with Crippen LogP contribution in [0, 0.1) is 47.3 Å². The molecule has 2 atom stereocenters. The van der Waals surface area contributed by atoms with Crippen LogP contribution in [-0.2, 0) is 17.1 Å². The highest BCUT2D eigenvalue weighted by molar-refractivity contribution is 5.29. The first-order chi connectivity index (χ1) is 26.4. The molecule has 0 saturated heterocycles. The molecule has 0 heterocycles. The molecule has 55 heavy (non-hydrogen) atoms. The van der Waals surface area contributed by atoms with E-state index in [1.165, 1.54) is 114 Å². The summed E-state index contributed by atoms with van der Waals surface area (Å²) in [7, 11) is 0. The van der Waals surface area contributed by atoms with Gasteiger partial charge in [0, 0.05) is 0 Å². The van der Waals surface area contributed by atoms with Gasteiger partial charge in [0.25, 0.3) is 0 Å². The van der Waals surface area contributed by atoms with Gasteiger partial charge in [0.15, 0.2) is 0 Å². The number of rotatable bonds is 14. The molecule has 0 spiro atoms. The van der Waals surface area contributed by atoms with Crippen molar-refractivity contribution < 1.29 is 31.1 Å². The van der Waals surface area contributed by atoms with Crippen LogP contribution in [0.25, 0.3) is 0 Å². The summed E-state index contributed by atoms with van der Waals surface area (Å²) in [5.41, 5.74) is 0.145. The molecule has 2 unspecified atom stereocenters. The molecular weight excluding hydrogens is 707 g/mol. The van der Waals surface area contributed by atoms with Gasteiger partial charge < -0.3 is 4.74 Å². The van der Waals surface area contributed by atoms with E-state index in [9.17, 15) is 26.3 Å². The summed E-state index contributed by atoms with van der Waals surface area (Å²) in [6.45, 7) is 4.53. The third-order valence-electron chi connectivity index (χ3n) is 15.0. The van der Waals surface area contributed by atoms with E-state index in [2.05, 4.69) is 13.8 Å². The van der Waals surface area contributed by atoms with Gasteiger partial charge in [-0.2, -0.15) is 26.3 Å². The number of hydrogen-bond donors (Lipinski definition) is 0. The first-order valence-electron chi connectivity index (χ1n) is 22.4. The molecule has 4 fully saturated rings. The lowest BCUT2D eigenvalue weighted by Gasteiger charge is -2.43. The number of alkyl halides is 6. The van der Waals surface area contributed by atoms with Crippen LogP contribution in [0.4, 0.5) is 26.3 Å².